The number of aromatic amines is 1. The first-order valence-corrected chi connectivity index (χ1v) is 5.54. The molecule has 4 nitrogen and oxygen atoms in total. The molecule has 17 heavy (non-hydrogen) atoms. The minimum absolute atomic E-state index is 0.156. The van der Waals surface area contributed by atoms with Gasteiger partial charge in [0.1, 0.15) is 5.82 Å². The molecule has 0 aliphatic heterocycles. The van der Waals surface area contributed by atoms with E-state index in [9.17, 15) is 4.79 Å². The summed E-state index contributed by atoms with van der Waals surface area (Å²) >= 11 is 0. The summed E-state index contributed by atoms with van der Waals surface area (Å²) in [6.07, 6.45) is 1.95. The molecule has 2 aromatic rings. The van der Waals surface area contributed by atoms with Crippen molar-refractivity contribution in [2.24, 2.45) is 0 Å². The SMILES string of the molecule is C=CC(=O)NCCc1nc2ccc(C)cc2[nH]1. The number of fused-ring (bicyclic) bond motifs is 1. The van der Waals surface area contributed by atoms with Crippen molar-refractivity contribution in [2.45, 2.75) is 13.3 Å². The van der Waals surface area contributed by atoms with Gasteiger partial charge in [0.25, 0.3) is 0 Å². The Labute approximate surface area is 99.8 Å². The van der Waals surface area contributed by atoms with Gasteiger partial charge < -0.3 is 10.3 Å². The molecule has 2 N–H and O–H groups in total. The number of nitrogens with zero attached hydrogens (tertiary/aromatic N) is 1. The maximum atomic E-state index is 11.0. The molecule has 2 rings (SSSR count). The first-order chi connectivity index (χ1) is 8.19. The van der Waals surface area contributed by atoms with E-state index >= 15 is 0 Å². The van der Waals surface area contributed by atoms with Crippen molar-refractivity contribution >= 4 is 16.9 Å². The van der Waals surface area contributed by atoms with E-state index in [-0.39, 0.29) is 5.91 Å². The summed E-state index contributed by atoms with van der Waals surface area (Å²) in [5.74, 6) is 0.729. The number of nitrogens with one attached hydrogen (secondary N) is 2. The van der Waals surface area contributed by atoms with Crippen molar-refractivity contribution < 1.29 is 4.79 Å². The van der Waals surface area contributed by atoms with Crippen LogP contribution in [0.2, 0.25) is 0 Å². The fraction of sp³-hybridized carbons (Fsp3) is 0.231. The number of H-pyrrole nitrogens is 1. The van der Waals surface area contributed by atoms with Crippen LogP contribution in [0, 0.1) is 6.92 Å². The highest BCUT2D eigenvalue weighted by Crippen LogP contribution is 2.13. The van der Waals surface area contributed by atoms with Gasteiger partial charge in [-0.2, -0.15) is 0 Å². The number of hydrogen-bond donors (Lipinski definition) is 2. The second-order valence-electron chi connectivity index (χ2n) is 3.95. The maximum absolute atomic E-state index is 11.0. The standard InChI is InChI=1S/C13H15N3O/c1-3-13(17)14-7-6-12-15-10-5-4-9(2)8-11(10)16-12/h3-5,8H,1,6-7H2,2H3,(H,14,17)(H,15,16). The van der Waals surface area contributed by atoms with Crippen molar-refractivity contribution in [3.8, 4) is 0 Å². The number of hydrogen-bond acceptors (Lipinski definition) is 2. The first kappa shape index (κ1) is 11.4. The largest absolute Gasteiger partial charge is 0.352 e. The minimum atomic E-state index is -0.156. The Balaban J connectivity index is 2.04. The Hall–Kier alpha value is -2.10. The van der Waals surface area contributed by atoms with Crippen LogP contribution in [0.25, 0.3) is 11.0 Å². The number of rotatable bonds is 4. The lowest BCUT2D eigenvalue weighted by Gasteiger charge is -1.98. The second kappa shape index (κ2) is 4.82. The van der Waals surface area contributed by atoms with E-state index in [1.165, 1.54) is 11.6 Å². The van der Waals surface area contributed by atoms with Gasteiger partial charge in [-0.3, -0.25) is 4.79 Å². The van der Waals surface area contributed by atoms with Crippen LogP contribution in [0.4, 0.5) is 0 Å². The molecule has 1 heterocycles. The Kier molecular flexibility index (Phi) is 3.23. The molecule has 1 amide bonds. The zero-order valence-electron chi connectivity index (χ0n) is 9.79. The molecule has 0 fully saturated rings. The Morgan fingerprint density at radius 1 is 1.59 bits per heavy atom. The predicted molar refractivity (Wildman–Crippen MR) is 67.7 cm³/mol. The monoisotopic (exact) mass is 229 g/mol. The summed E-state index contributed by atoms with van der Waals surface area (Å²) in [5.41, 5.74) is 3.20. The van der Waals surface area contributed by atoms with Crippen LogP contribution in [-0.2, 0) is 11.2 Å². The molecular formula is C13H15N3O. The van der Waals surface area contributed by atoms with Crippen LogP contribution in [0.1, 0.15) is 11.4 Å². The lowest BCUT2D eigenvalue weighted by Crippen LogP contribution is -2.23. The lowest BCUT2D eigenvalue weighted by atomic mass is 10.2. The summed E-state index contributed by atoms with van der Waals surface area (Å²) in [6.45, 7) is 6.00. The molecule has 88 valence electrons. The van der Waals surface area contributed by atoms with E-state index in [1.807, 2.05) is 19.1 Å². The second-order valence-corrected chi connectivity index (χ2v) is 3.95. The molecule has 0 unspecified atom stereocenters. The molecule has 0 atom stereocenters. The van der Waals surface area contributed by atoms with Crippen molar-refractivity contribution in [3.05, 3.63) is 42.2 Å². The van der Waals surface area contributed by atoms with Crippen LogP contribution < -0.4 is 5.32 Å². The summed E-state index contributed by atoms with van der Waals surface area (Å²) in [5, 5.41) is 2.72. The quantitative estimate of drug-likeness (QED) is 0.784. The number of carbonyl (C=O) groups is 1. The van der Waals surface area contributed by atoms with Crippen molar-refractivity contribution in [2.75, 3.05) is 6.54 Å². The number of aryl methyl sites for hydroxylation is 1. The zero-order valence-corrected chi connectivity index (χ0v) is 9.79. The van der Waals surface area contributed by atoms with E-state index in [0.29, 0.717) is 13.0 Å². The van der Waals surface area contributed by atoms with Gasteiger partial charge >= 0.3 is 0 Å². The zero-order chi connectivity index (χ0) is 12.3. The van der Waals surface area contributed by atoms with Crippen molar-refractivity contribution in [1.82, 2.24) is 15.3 Å². The number of imidazole rings is 1. The highest BCUT2D eigenvalue weighted by atomic mass is 16.1. The molecule has 1 aromatic carbocycles. The molecule has 1 aromatic heterocycles. The average Bonchev–Trinajstić information content (AvgIpc) is 2.70. The fourth-order valence-corrected chi connectivity index (χ4v) is 1.67. The molecule has 0 aliphatic carbocycles. The predicted octanol–water partition coefficient (Wildman–Crippen LogP) is 1.72. The average molecular weight is 229 g/mol. The third-order valence-electron chi connectivity index (χ3n) is 2.53. The van der Waals surface area contributed by atoms with E-state index in [0.717, 1.165) is 16.9 Å². The number of carbonyl (C=O) groups excluding carboxylic acids is 1. The third-order valence-corrected chi connectivity index (χ3v) is 2.53. The van der Waals surface area contributed by atoms with Crippen LogP contribution in [0.15, 0.2) is 30.9 Å². The molecular weight excluding hydrogens is 214 g/mol. The van der Waals surface area contributed by atoms with Gasteiger partial charge in [0.15, 0.2) is 0 Å². The molecule has 0 saturated carbocycles. The van der Waals surface area contributed by atoms with Gasteiger partial charge in [-0.15, -0.1) is 0 Å². The normalized spacial score (nSPS) is 10.4. The molecule has 0 spiro atoms. The van der Waals surface area contributed by atoms with E-state index in [2.05, 4.69) is 27.9 Å². The van der Waals surface area contributed by atoms with Crippen LogP contribution in [-0.4, -0.2) is 22.4 Å². The maximum Gasteiger partial charge on any atom is 0.243 e. The number of benzene rings is 1. The van der Waals surface area contributed by atoms with E-state index < -0.39 is 0 Å². The van der Waals surface area contributed by atoms with Gasteiger partial charge in [-0.05, 0) is 30.7 Å². The Morgan fingerprint density at radius 2 is 2.41 bits per heavy atom. The van der Waals surface area contributed by atoms with Gasteiger partial charge in [0.05, 0.1) is 11.0 Å². The van der Waals surface area contributed by atoms with Crippen LogP contribution in [0.3, 0.4) is 0 Å². The summed E-state index contributed by atoms with van der Waals surface area (Å²) < 4.78 is 0. The van der Waals surface area contributed by atoms with Crippen molar-refractivity contribution in [3.63, 3.8) is 0 Å². The highest BCUT2D eigenvalue weighted by Gasteiger charge is 2.03. The smallest absolute Gasteiger partial charge is 0.243 e. The molecule has 0 radical (unpaired) electrons. The summed E-state index contributed by atoms with van der Waals surface area (Å²) in [6, 6.07) is 6.09. The molecule has 0 bridgehead atoms. The summed E-state index contributed by atoms with van der Waals surface area (Å²) in [4.78, 5) is 18.6. The van der Waals surface area contributed by atoms with E-state index in [4.69, 9.17) is 0 Å². The van der Waals surface area contributed by atoms with Crippen LogP contribution >= 0.6 is 0 Å². The highest BCUT2D eigenvalue weighted by molar-refractivity contribution is 5.86. The third kappa shape index (κ3) is 2.72. The van der Waals surface area contributed by atoms with E-state index in [1.54, 1.807) is 0 Å². The van der Waals surface area contributed by atoms with Crippen molar-refractivity contribution in [1.29, 1.82) is 0 Å². The summed E-state index contributed by atoms with van der Waals surface area (Å²) in [7, 11) is 0. The fourth-order valence-electron chi connectivity index (χ4n) is 1.67. The lowest BCUT2D eigenvalue weighted by molar-refractivity contribution is -0.116. The molecule has 0 aliphatic rings. The van der Waals surface area contributed by atoms with Gasteiger partial charge in [-0.25, -0.2) is 4.98 Å². The topological polar surface area (TPSA) is 57.8 Å². The Bertz CT molecular complexity index is 557. The Morgan fingerprint density at radius 3 is 3.18 bits per heavy atom. The minimum Gasteiger partial charge on any atom is -0.352 e. The van der Waals surface area contributed by atoms with Gasteiger partial charge in [0.2, 0.25) is 5.91 Å². The van der Waals surface area contributed by atoms with Gasteiger partial charge in [0, 0.05) is 13.0 Å². The van der Waals surface area contributed by atoms with Crippen LogP contribution in [0.5, 0.6) is 0 Å². The molecule has 0 saturated heterocycles. The first-order valence-electron chi connectivity index (χ1n) is 5.54. The van der Waals surface area contributed by atoms with Gasteiger partial charge in [-0.1, -0.05) is 12.6 Å². The molecule has 4 heteroatoms. The number of amides is 1. The number of aromatic nitrogens is 2.